The molecule has 2 aromatic rings. The van der Waals surface area contributed by atoms with Crippen LogP contribution in [0.2, 0.25) is 0 Å². The summed E-state index contributed by atoms with van der Waals surface area (Å²) in [7, 11) is 2.18. The van der Waals surface area contributed by atoms with Crippen molar-refractivity contribution in [1.82, 2.24) is 14.9 Å². The van der Waals surface area contributed by atoms with E-state index in [-0.39, 0.29) is 0 Å². The van der Waals surface area contributed by atoms with Crippen LogP contribution in [-0.4, -0.2) is 54.6 Å². The van der Waals surface area contributed by atoms with Gasteiger partial charge in [-0.15, -0.1) is 0 Å². The van der Waals surface area contributed by atoms with E-state index in [1.54, 1.807) is 6.20 Å². The fourth-order valence-electron chi connectivity index (χ4n) is 3.06. The number of nitrogens with zero attached hydrogens (tertiary/aromatic N) is 4. The van der Waals surface area contributed by atoms with Crippen molar-refractivity contribution in [3.05, 3.63) is 36.5 Å². The average Bonchev–Trinajstić information content (AvgIpc) is 2.67. The van der Waals surface area contributed by atoms with Crippen LogP contribution >= 0.6 is 0 Å². The Morgan fingerprint density at radius 1 is 1.00 bits per heavy atom. The maximum Gasteiger partial charge on any atom is 0.224 e. The molecule has 0 unspecified atom stereocenters. The number of likely N-dealkylation sites (N-methyl/N-ethyl adjacent to an activating group) is 1. The molecule has 1 aromatic carbocycles. The zero-order valence-corrected chi connectivity index (χ0v) is 15.9. The Morgan fingerprint density at radius 3 is 2.50 bits per heavy atom. The van der Waals surface area contributed by atoms with Crippen LogP contribution in [0.1, 0.15) is 26.2 Å². The SMILES string of the molecule is CCCCCNc1nccc(Nc2ccc(N3CCN(C)CC3)cc2)n1. The minimum Gasteiger partial charge on any atom is -0.369 e. The van der Waals surface area contributed by atoms with Gasteiger partial charge in [-0.3, -0.25) is 0 Å². The number of anilines is 4. The summed E-state index contributed by atoms with van der Waals surface area (Å²) >= 11 is 0. The first-order valence-corrected chi connectivity index (χ1v) is 9.62. The molecule has 2 heterocycles. The molecule has 6 heteroatoms. The maximum atomic E-state index is 4.54. The van der Waals surface area contributed by atoms with Crippen LogP contribution in [0.3, 0.4) is 0 Å². The number of rotatable bonds is 8. The van der Waals surface area contributed by atoms with E-state index in [0.717, 1.165) is 50.6 Å². The summed E-state index contributed by atoms with van der Waals surface area (Å²) in [6.45, 7) is 7.53. The number of nitrogens with one attached hydrogen (secondary N) is 2. The van der Waals surface area contributed by atoms with Gasteiger partial charge in [0, 0.05) is 50.3 Å². The number of benzene rings is 1. The first kappa shape index (κ1) is 18.5. The second-order valence-corrected chi connectivity index (χ2v) is 6.86. The maximum absolute atomic E-state index is 4.54. The van der Waals surface area contributed by atoms with Crippen LogP contribution in [0.15, 0.2) is 36.5 Å². The molecule has 1 aromatic heterocycles. The zero-order valence-electron chi connectivity index (χ0n) is 15.9. The Hall–Kier alpha value is -2.34. The Balaban J connectivity index is 1.55. The van der Waals surface area contributed by atoms with E-state index in [2.05, 4.69) is 68.6 Å². The Kier molecular flexibility index (Phi) is 6.66. The van der Waals surface area contributed by atoms with E-state index in [4.69, 9.17) is 0 Å². The van der Waals surface area contributed by atoms with E-state index in [1.165, 1.54) is 18.5 Å². The molecule has 1 saturated heterocycles. The quantitative estimate of drug-likeness (QED) is 0.707. The highest BCUT2D eigenvalue weighted by Gasteiger charge is 2.13. The van der Waals surface area contributed by atoms with Crippen molar-refractivity contribution in [3.63, 3.8) is 0 Å². The number of hydrogen-bond donors (Lipinski definition) is 2. The summed E-state index contributed by atoms with van der Waals surface area (Å²) in [4.78, 5) is 13.6. The van der Waals surface area contributed by atoms with Gasteiger partial charge in [0.1, 0.15) is 5.82 Å². The van der Waals surface area contributed by atoms with Crippen LogP contribution in [-0.2, 0) is 0 Å². The van der Waals surface area contributed by atoms with Crippen molar-refractivity contribution in [2.24, 2.45) is 0 Å². The summed E-state index contributed by atoms with van der Waals surface area (Å²) in [5.74, 6) is 1.49. The largest absolute Gasteiger partial charge is 0.369 e. The monoisotopic (exact) mass is 354 g/mol. The smallest absolute Gasteiger partial charge is 0.224 e. The highest BCUT2D eigenvalue weighted by molar-refractivity contribution is 5.61. The molecule has 1 aliphatic heterocycles. The molecule has 1 fully saturated rings. The summed E-state index contributed by atoms with van der Waals surface area (Å²) in [5.41, 5.74) is 2.32. The van der Waals surface area contributed by atoms with Crippen LogP contribution in [0, 0.1) is 0 Å². The summed E-state index contributed by atoms with van der Waals surface area (Å²) in [6, 6.07) is 10.5. The molecule has 26 heavy (non-hydrogen) atoms. The van der Waals surface area contributed by atoms with Gasteiger partial charge in [0.25, 0.3) is 0 Å². The summed E-state index contributed by atoms with van der Waals surface area (Å²) < 4.78 is 0. The van der Waals surface area contributed by atoms with Gasteiger partial charge < -0.3 is 20.4 Å². The van der Waals surface area contributed by atoms with Gasteiger partial charge in [-0.05, 0) is 43.8 Å². The fourth-order valence-corrected chi connectivity index (χ4v) is 3.06. The minimum absolute atomic E-state index is 0.681. The molecule has 0 aliphatic carbocycles. The van der Waals surface area contributed by atoms with Gasteiger partial charge in [-0.2, -0.15) is 4.98 Å². The van der Waals surface area contributed by atoms with E-state index < -0.39 is 0 Å². The third-order valence-electron chi connectivity index (χ3n) is 4.73. The normalized spacial score (nSPS) is 15.1. The van der Waals surface area contributed by atoms with E-state index in [9.17, 15) is 0 Å². The van der Waals surface area contributed by atoms with Crippen LogP contribution in [0.25, 0.3) is 0 Å². The standard InChI is InChI=1S/C20H30N6/c1-3-4-5-11-21-20-22-12-10-19(24-20)23-17-6-8-18(9-7-17)26-15-13-25(2)14-16-26/h6-10,12H,3-5,11,13-16H2,1-2H3,(H2,21,22,23,24). The molecule has 140 valence electrons. The molecule has 0 bridgehead atoms. The van der Waals surface area contributed by atoms with E-state index in [0.29, 0.717) is 5.95 Å². The first-order chi connectivity index (χ1) is 12.7. The molecule has 3 rings (SSSR count). The highest BCUT2D eigenvalue weighted by Crippen LogP contribution is 2.21. The molecule has 6 nitrogen and oxygen atoms in total. The third-order valence-corrected chi connectivity index (χ3v) is 4.73. The number of unbranched alkanes of at least 4 members (excludes halogenated alkanes) is 2. The molecule has 2 N–H and O–H groups in total. The van der Waals surface area contributed by atoms with E-state index >= 15 is 0 Å². The van der Waals surface area contributed by atoms with E-state index in [1.807, 2.05) is 6.07 Å². The van der Waals surface area contributed by atoms with Crippen molar-refractivity contribution in [1.29, 1.82) is 0 Å². The summed E-state index contributed by atoms with van der Waals surface area (Å²) in [6.07, 6.45) is 5.38. The van der Waals surface area contributed by atoms with Crippen LogP contribution in [0.5, 0.6) is 0 Å². The molecule has 0 spiro atoms. The van der Waals surface area contributed by atoms with Crippen LogP contribution in [0.4, 0.5) is 23.1 Å². The second kappa shape index (κ2) is 9.38. The second-order valence-electron chi connectivity index (χ2n) is 6.86. The molecule has 0 atom stereocenters. The van der Waals surface area contributed by atoms with Gasteiger partial charge in [-0.1, -0.05) is 19.8 Å². The highest BCUT2D eigenvalue weighted by atomic mass is 15.2. The lowest BCUT2D eigenvalue weighted by Crippen LogP contribution is -2.44. The Bertz CT molecular complexity index is 664. The first-order valence-electron chi connectivity index (χ1n) is 9.62. The number of piperazine rings is 1. The minimum atomic E-state index is 0.681. The van der Waals surface area contributed by atoms with Crippen molar-refractivity contribution < 1.29 is 0 Å². The van der Waals surface area contributed by atoms with Crippen molar-refractivity contribution in [2.45, 2.75) is 26.2 Å². The van der Waals surface area contributed by atoms with Gasteiger partial charge in [0.05, 0.1) is 0 Å². The molecular formula is C20H30N6. The lowest BCUT2D eigenvalue weighted by Gasteiger charge is -2.34. The average molecular weight is 355 g/mol. The van der Waals surface area contributed by atoms with Gasteiger partial charge in [0.2, 0.25) is 5.95 Å². The molecule has 0 radical (unpaired) electrons. The van der Waals surface area contributed by atoms with Gasteiger partial charge in [0.15, 0.2) is 0 Å². The van der Waals surface area contributed by atoms with Crippen molar-refractivity contribution >= 4 is 23.1 Å². The summed E-state index contributed by atoms with van der Waals surface area (Å²) in [5, 5.41) is 6.65. The molecule has 1 aliphatic rings. The number of hydrogen-bond acceptors (Lipinski definition) is 6. The number of aromatic nitrogens is 2. The van der Waals surface area contributed by atoms with Gasteiger partial charge in [-0.25, -0.2) is 4.98 Å². The Morgan fingerprint density at radius 2 is 1.77 bits per heavy atom. The predicted molar refractivity (Wildman–Crippen MR) is 109 cm³/mol. The van der Waals surface area contributed by atoms with Crippen LogP contribution < -0.4 is 15.5 Å². The predicted octanol–water partition coefficient (Wildman–Crippen LogP) is 3.57. The van der Waals surface area contributed by atoms with Gasteiger partial charge >= 0.3 is 0 Å². The molecule has 0 saturated carbocycles. The molecular weight excluding hydrogens is 324 g/mol. The topological polar surface area (TPSA) is 56.3 Å². The zero-order chi connectivity index (χ0) is 18.2. The van der Waals surface area contributed by atoms with Crippen molar-refractivity contribution in [2.75, 3.05) is 55.3 Å². The third kappa shape index (κ3) is 5.33. The van der Waals surface area contributed by atoms with Crippen molar-refractivity contribution in [3.8, 4) is 0 Å². The lowest BCUT2D eigenvalue weighted by atomic mass is 10.2. The lowest BCUT2D eigenvalue weighted by molar-refractivity contribution is 0.313. The molecule has 0 amide bonds. The Labute approximate surface area is 156 Å². The fraction of sp³-hybridized carbons (Fsp3) is 0.500.